The van der Waals surface area contributed by atoms with Gasteiger partial charge < -0.3 is 14.6 Å². The SMILES string of the molecule is COc1ccc(C2CC(c3ccc(F)cc3)=NN2C(=O)CCC(=O)O)c(OC)c1. The molecular weight excluding hydrogens is 379 g/mol. The maximum atomic E-state index is 13.3. The van der Waals surface area contributed by atoms with Crippen molar-refractivity contribution >= 4 is 17.6 Å². The van der Waals surface area contributed by atoms with Crippen LogP contribution in [0.25, 0.3) is 0 Å². The van der Waals surface area contributed by atoms with Gasteiger partial charge in [0.25, 0.3) is 0 Å². The summed E-state index contributed by atoms with van der Waals surface area (Å²) in [6.07, 6.45) is -0.0825. The van der Waals surface area contributed by atoms with Gasteiger partial charge in [-0.05, 0) is 29.8 Å². The number of nitrogens with zero attached hydrogens (tertiary/aromatic N) is 2. The number of carbonyl (C=O) groups excluding carboxylic acids is 1. The van der Waals surface area contributed by atoms with Gasteiger partial charge in [0.1, 0.15) is 17.3 Å². The average Bonchev–Trinajstić information content (AvgIpc) is 3.17. The van der Waals surface area contributed by atoms with Crippen molar-refractivity contribution in [2.24, 2.45) is 5.10 Å². The van der Waals surface area contributed by atoms with E-state index in [4.69, 9.17) is 14.6 Å². The lowest BCUT2D eigenvalue weighted by atomic mass is 9.97. The van der Waals surface area contributed by atoms with Gasteiger partial charge in [-0.15, -0.1) is 0 Å². The van der Waals surface area contributed by atoms with Gasteiger partial charge in [0.15, 0.2) is 0 Å². The number of ether oxygens (including phenoxy) is 2. The van der Waals surface area contributed by atoms with Crippen LogP contribution in [0.2, 0.25) is 0 Å². The van der Waals surface area contributed by atoms with Crippen molar-refractivity contribution in [1.82, 2.24) is 5.01 Å². The number of methoxy groups -OCH3 is 2. The number of amides is 1. The summed E-state index contributed by atoms with van der Waals surface area (Å²) in [5, 5.41) is 14.6. The number of carboxylic acids is 1. The van der Waals surface area contributed by atoms with Gasteiger partial charge in [-0.2, -0.15) is 5.10 Å². The topological polar surface area (TPSA) is 88.4 Å². The van der Waals surface area contributed by atoms with Crippen molar-refractivity contribution in [2.75, 3.05) is 14.2 Å². The van der Waals surface area contributed by atoms with Gasteiger partial charge in [-0.25, -0.2) is 9.40 Å². The van der Waals surface area contributed by atoms with Crippen LogP contribution in [0.15, 0.2) is 47.6 Å². The Morgan fingerprint density at radius 3 is 2.48 bits per heavy atom. The molecule has 3 rings (SSSR count). The fourth-order valence-electron chi connectivity index (χ4n) is 3.22. The van der Waals surface area contributed by atoms with Crippen LogP contribution in [0.4, 0.5) is 4.39 Å². The summed E-state index contributed by atoms with van der Waals surface area (Å²) in [5.41, 5.74) is 2.02. The van der Waals surface area contributed by atoms with Crippen molar-refractivity contribution in [3.05, 3.63) is 59.4 Å². The van der Waals surface area contributed by atoms with Crippen molar-refractivity contribution in [1.29, 1.82) is 0 Å². The Bertz CT molecular complexity index is 943. The van der Waals surface area contributed by atoms with Gasteiger partial charge in [-0.1, -0.05) is 12.1 Å². The molecule has 29 heavy (non-hydrogen) atoms. The summed E-state index contributed by atoms with van der Waals surface area (Å²) in [6.45, 7) is 0. The zero-order valence-corrected chi connectivity index (χ0v) is 16.1. The molecule has 0 aliphatic carbocycles. The van der Waals surface area contributed by atoms with E-state index < -0.39 is 17.9 Å². The molecule has 1 aliphatic rings. The fraction of sp³-hybridized carbons (Fsp3) is 0.286. The summed E-state index contributed by atoms with van der Waals surface area (Å²) in [7, 11) is 3.06. The molecule has 0 spiro atoms. The van der Waals surface area contributed by atoms with Crippen molar-refractivity contribution in [3.63, 3.8) is 0 Å². The lowest BCUT2D eigenvalue weighted by Gasteiger charge is -2.23. The highest BCUT2D eigenvalue weighted by Gasteiger charge is 2.35. The Balaban J connectivity index is 1.97. The van der Waals surface area contributed by atoms with E-state index in [1.165, 1.54) is 24.3 Å². The summed E-state index contributed by atoms with van der Waals surface area (Å²) in [6, 6.07) is 10.6. The molecule has 2 aromatic rings. The highest BCUT2D eigenvalue weighted by atomic mass is 19.1. The molecule has 0 saturated heterocycles. The first-order valence-corrected chi connectivity index (χ1v) is 9.02. The number of rotatable bonds is 7. The van der Waals surface area contributed by atoms with Crippen LogP contribution in [0.1, 0.15) is 36.4 Å². The number of aliphatic carboxylic acids is 1. The zero-order chi connectivity index (χ0) is 21.0. The van der Waals surface area contributed by atoms with Gasteiger partial charge in [0, 0.05) is 24.5 Å². The van der Waals surface area contributed by atoms with E-state index in [0.717, 1.165) is 5.56 Å². The van der Waals surface area contributed by atoms with E-state index >= 15 is 0 Å². The Labute approximate surface area is 167 Å². The molecule has 1 atom stereocenters. The number of halogens is 1. The Hall–Kier alpha value is -3.42. The molecule has 0 radical (unpaired) electrons. The number of carbonyl (C=O) groups is 2. The van der Waals surface area contributed by atoms with E-state index in [1.807, 2.05) is 0 Å². The molecule has 0 bridgehead atoms. The maximum Gasteiger partial charge on any atom is 0.303 e. The second-order valence-corrected chi connectivity index (χ2v) is 6.51. The molecule has 0 fully saturated rings. The minimum atomic E-state index is -1.06. The highest BCUT2D eigenvalue weighted by molar-refractivity contribution is 6.03. The van der Waals surface area contributed by atoms with Crippen LogP contribution in [-0.2, 0) is 9.59 Å². The third-order valence-corrected chi connectivity index (χ3v) is 4.70. The molecule has 0 saturated carbocycles. The molecule has 1 aliphatic heterocycles. The number of hydrogen-bond acceptors (Lipinski definition) is 5. The van der Waals surface area contributed by atoms with Gasteiger partial charge >= 0.3 is 5.97 Å². The van der Waals surface area contributed by atoms with Gasteiger partial charge in [0.2, 0.25) is 5.91 Å². The monoisotopic (exact) mass is 400 g/mol. The molecule has 152 valence electrons. The van der Waals surface area contributed by atoms with Crippen LogP contribution in [0.3, 0.4) is 0 Å². The van der Waals surface area contributed by atoms with Crippen molar-refractivity contribution in [2.45, 2.75) is 25.3 Å². The van der Waals surface area contributed by atoms with E-state index in [9.17, 15) is 14.0 Å². The molecule has 0 aromatic heterocycles. The van der Waals surface area contributed by atoms with Crippen LogP contribution in [-0.4, -0.2) is 41.9 Å². The van der Waals surface area contributed by atoms with Crippen molar-refractivity contribution in [3.8, 4) is 11.5 Å². The zero-order valence-electron chi connectivity index (χ0n) is 16.1. The van der Waals surface area contributed by atoms with E-state index in [0.29, 0.717) is 29.2 Å². The highest BCUT2D eigenvalue weighted by Crippen LogP contribution is 2.39. The Morgan fingerprint density at radius 2 is 1.86 bits per heavy atom. The molecule has 8 heteroatoms. The quantitative estimate of drug-likeness (QED) is 0.770. The summed E-state index contributed by atoms with van der Waals surface area (Å²) < 4.78 is 24.0. The molecule has 2 aromatic carbocycles. The summed E-state index contributed by atoms with van der Waals surface area (Å²) >= 11 is 0. The molecular formula is C21H21FN2O5. The average molecular weight is 400 g/mol. The Morgan fingerprint density at radius 1 is 1.14 bits per heavy atom. The normalized spacial score (nSPS) is 15.8. The molecule has 1 unspecified atom stereocenters. The minimum Gasteiger partial charge on any atom is -0.497 e. The fourth-order valence-corrected chi connectivity index (χ4v) is 3.22. The number of hydrazone groups is 1. The molecule has 7 nitrogen and oxygen atoms in total. The Kier molecular flexibility index (Phi) is 6.11. The number of carboxylic acid groups (broad SMARTS) is 1. The third-order valence-electron chi connectivity index (χ3n) is 4.70. The van der Waals surface area contributed by atoms with Crippen LogP contribution in [0.5, 0.6) is 11.5 Å². The minimum absolute atomic E-state index is 0.176. The smallest absolute Gasteiger partial charge is 0.303 e. The van der Waals surface area contributed by atoms with Gasteiger partial charge in [-0.3, -0.25) is 9.59 Å². The van der Waals surface area contributed by atoms with E-state index in [-0.39, 0.29) is 18.7 Å². The predicted octanol–water partition coefficient (Wildman–Crippen LogP) is 3.39. The summed E-state index contributed by atoms with van der Waals surface area (Å²) in [5.74, 6) is -0.700. The number of benzene rings is 2. The first kappa shape index (κ1) is 20.3. The number of hydrogen-bond donors (Lipinski definition) is 1. The third kappa shape index (κ3) is 4.53. The predicted molar refractivity (Wildman–Crippen MR) is 104 cm³/mol. The van der Waals surface area contributed by atoms with Crippen LogP contribution in [0, 0.1) is 5.82 Å². The lowest BCUT2D eigenvalue weighted by Crippen LogP contribution is -2.27. The largest absolute Gasteiger partial charge is 0.497 e. The first-order valence-electron chi connectivity index (χ1n) is 9.02. The van der Waals surface area contributed by atoms with Crippen LogP contribution < -0.4 is 9.47 Å². The van der Waals surface area contributed by atoms with Gasteiger partial charge in [0.05, 0.1) is 32.4 Å². The second kappa shape index (κ2) is 8.72. The lowest BCUT2D eigenvalue weighted by molar-refractivity contribution is -0.141. The van der Waals surface area contributed by atoms with E-state index in [1.54, 1.807) is 37.4 Å². The molecule has 1 heterocycles. The molecule has 1 amide bonds. The maximum absolute atomic E-state index is 13.3. The van der Waals surface area contributed by atoms with E-state index in [2.05, 4.69) is 5.10 Å². The second-order valence-electron chi connectivity index (χ2n) is 6.51. The van der Waals surface area contributed by atoms with Crippen LogP contribution >= 0.6 is 0 Å². The summed E-state index contributed by atoms with van der Waals surface area (Å²) in [4.78, 5) is 23.6. The van der Waals surface area contributed by atoms with Crippen molar-refractivity contribution < 1.29 is 28.6 Å². The molecule has 1 N–H and O–H groups in total. The standard InChI is InChI=1S/C21H21FN2O5/c1-28-15-7-8-16(19(11-15)29-2)18-12-17(13-3-5-14(22)6-4-13)23-24(18)20(25)9-10-21(26)27/h3-8,11,18H,9-10,12H2,1-2H3,(H,26,27). The first-order chi connectivity index (χ1) is 13.9.